The summed E-state index contributed by atoms with van der Waals surface area (Å²) in [7, 11) is 0. The first kappa shape index (κ1) is 19.2. The molecule has 2 aliphatic heterocycles. The topological polar surface area (TPSA) is 47.6 Å². The molecule has 0 bridgehead atoms. The number of hydrogen-bond donors (Lipinski definition) is 2. The molecule has 2 aliphatic rings. The molecule has 0 aromatic heterocycles. The number of rotatable bonds is 5. The van der Waals surface area contributed by atoms with E-state index in [1.807, 2.05) is 25.1 Å². The molecule has 24 heavy (non-hydrogen) atoms. The van der Waals surface area contributed by atoms with Crippen molar-refractivity contribution in [1.82, 2.24) is 20.4 Å². The lowest BCUT2D eigenvalue weighted by atomic mass is 10.1. The van der Waals surface area contributed by atoms with Crippen LogP contribution >= 0.6 is 12.4 Å². The Balaban J connectivity index is 0.00000208. The van der Waals surface area contributed by atoms with Crippen LogP contribution in [-0.2, 0) is 4.79 Å². The second-order valence-corrected chi connectivity index (χ2v) is 6.66. The number of carbonyl (C=O) groups is 1. The molecule has 3 rings (SSSR count). The quantitative estimate of drug-likeness (QED) is 0.837. The predicted molar refractivity (Wildman–Crippen MR) is 99.5 cm³/mol. The van der Waals surface area contributed by atoms with Crippen LogP contribution in [0, 0.1) is 0 Å². The highest BCUT2D eigenvalue weighted by Crippen LogP contribution is 2.13. The fourth-order valence-corrected chi connectivity index (χ4v) is 3.55. The zero-order valence-corrected chi connectivity index (χ0v) is 15.2. The van der Waals surface area contributed by atoms with Crippen LogP contribution in [0.15, 0.2) is 30.3 Å². The zero-order chi connectivity index (χ0) is 16.1. The van der Waals surface area contributed by atoms with Gasteiger partial charge >= 0.3 is 0 Å². The van der Waals surface area contributed by atoms with Crippen LogP contribution in [-0.4, -0.2) is 67.6 Å². The summed E-state index contributed by atoms with van der Waals surface area (Å²) in [5.41, 5.74) is 1.15. The lowest BCUT2D eigenvalue weighted by Gasteiger charge is -2.37. The van der Waals surface area contributed by atoms with Crippen LogP contribution in [0.25, 0.3) is 0 Å². The van der Waals surface area contributed by atoms with Crippen LogP contribution in [0.1, 0.15) is 24.9 Å². The minimum absolute atomic E-state index is 0. The highest BCUT2D eigenvalue weighted by atomic mass is 35.5. The van der Waals surface area contributed by atoms with E-state index < -0.39 is 0 Å². The van der Waals surface area contributed by atoms with Gasteiger partial charge in [0.2, 0.25) is 5.91 Å². The molecule has 1 aromatic carbocycles. The van der Waals surface area contributed by atoms with Crippen molar-refractivity contribution in [2.24, 2.45) is 0 Å². The van der Waals surface area contributed by atoms with E-state index in [2.05, 4.69) is 32.6 Å². The van der Waals surface area contributed by atoms with Crippen LogP contribution in [0.2, 0.25) is 0 Å². The summed E-state index contributed by atoms with van der Waals surface area (Å²) in [6.07, 6.45) is 1.26. The van der Waals surface area contributed by atoms with Gasteiger partial charge < -0.3 is 10.6 Å². The van der Waals surface area contributed by atoms with Crippen LogP contribution in [0.5, 0.6) is 0 Å². The molecular weight excluding hydrogens is 324 g/mol. The summed E-state index contributed by atoms with van der Waals surface area (Å²) in [6, 6.07) is 10.9. The van der Waals surface area contributed by atoms with Crippen molar-refractivity contribution in [1.29, 1.82) is 0 Å². The van der Waals surface area contributed by atoms with E-state index in [0.717, 1.165) is 44.8 Å². The van der Waals surface area contributed by atoms with Crippen LogP contribution in [0.3, 0.4) is 0 Å². The maximum absolute atomic E-state index is 12.3. The van der Waals surface area contributed by atoms with Gasteiger partial charge in [-0.05, 0) is 25.5 Å². The van der Waals surface area contributed by atoms with Crippen molar-refractivity contribution >= 4 is 18.3 Å². The van der Waals surface area contributed by atoms with Gasteiger partial charge in [0.15, 0.2) is 0 Å². The van der Waals surface area contributed by atoms with Crippen molar-refractivity contribution in [3.63, 3.8) is 0 Å². The fourth-order valence-electron chi connectivity index (χ4n) is 3.55. The summed E-state index contributed by atoms with van der Waals surface area (Å²) in [4.78, 5) is 17.1. The van der Waals surface area contributed by atoms with Crippen LogP contribution in [0.4, 0.5) is 0 Å². The zero-order valence-electron chi connectivity index (χ0n) is 14.4. The summed E-state index contributed by atoms with van der Waals surface area (Å²) >= 11 is 0. The standard InChI is InChI=1S/C18H28N4O.ClH/c1-15(16-5-3-2-4-6-16)20-18(23)14-21-9-11-22(12-10-21)17-7-8-19-13-17;/h2-6,15,17,19H,7-14H2,1H3,(H,20,23);1H. The Kier molecular flexibility index (Phi) is 7.49. The van der Waals surface area contributed by atoms with E-state index in [4.69, 9.17) is 0 Å². The van der Waals surface area contributed by atoms with Gasteiger partial charge in [0.25, 0.3) is 0 Å². The third-order valence-corrected chi connectivity index (χ3v) is 5.00. The number of piperazine rings is 1. The van der Waals surface area contributed by atoms with Gasteiger partial charge in [0, 0.05) is 38.8 Å². The van der Waals surface area contributed by atoms with E-state index in [1.54, 1.807) is 0 Å². The van der Waals surface area contributed by atoms with Crippen molar-refractivity contribution in [2.45, 2.75) is 25.4 Å². The predicted octanol–water partition coefficient (Wildman–Crippen LogP) is 1.27. The van der Waals surface area contributed by atoms with Crippen LogP contribution < -0.4 is 10.6 Å². The molecule has 2 N–H and O–H groups in total. The second kappa shape index (κ2) is 9.37. The average molecular weight is 353 g/mol. The molecule has 6 heteroatoms. The first-order chi connectivity index (χ1) is 11.2. The maximum Gasteiger partial charge on any atom is 0.234 e. The normalized spacial score (nSPS) is 23.5. The molecule has 0 spiro atoms. The number of amides is 1. The third-order valence-electron chi connectivity index (χ3n) is 5.00. The number of halogens is 1. The van der Waals surface area contributed by atoms with Gasteiger partial charge in [-0.2, -0.15) is 0 Å². The SMILES string of the molecule is CC(NC(=O)CN1CCN(C2CCNC2)CC1)c1ccccc1.Cl. The van der Waals surface area contributed by atoms with Gasteiger partial charge in [0.05, 0.1) is 12.6 Å². The monoisotopic (exact) mass is 352 g/mol. The molecule has 1 amide bonds. The fraction of sp³-hybridized carbons (Fsp3) is 0.611. The molecule has 0 radical (unpaired) electrons. The smallest absolute Gasteiger partial charge is 0.234 e. The molecule has 5 nitrogen and oxygen atoms in total. The van der Waals surface area contributed by atoms with E-state index in [9.17, 15) is 4.79 Å². The number of nitrogens with zero attached hydrogens (tertiary/aromatic N) is 2. The van der Waals surface area contributed by atoms with E-state index >= 15 is 0 Å². The number of benzene rings is 1. The van der Waals surface area contributed by atoms with Crippen molar-refractivity contribution < 1.29 is 4.79 Å². The molecule has 1 aromatic rings. The Morgan fingerprint density at radius 1 is 1.25 bits per heavy atom. The Hall–Kier alpha value is -1.14. The highest BCUT2D eigenvalue weighted by molar-refractivity contribution is 5.85. The summed E-state index contributed by atoms with van der Waals surface area (Å²) in [6.45, 7) is 8.95. The lowest BCUT2D eigenvalue weighted by molar-refractivity contribution is -0.123. The molecule has 0 aliphatic carbocycles. The van der Waals surface area contributed by atoms with E-state index in [-0.39, 0.29) is 24.4 Å². The van der Waals surface area contributed by atoms with Crippen molar-refractivity contribution in [3.8, 4) is 0 Å². The number of carbonyl (C=O) groups excluding carboxylic acids is 1. The minimum Gasteiger partial charge on any atom is -0.348 e. The van der Waals surface area contributed by atoms with E-state index in [1.165, 1.54) is 6.42 Å². The van der Waals surface area contributed by atoms with Gasteiger partial charge in [-0.25, -0.2) is 0 Å². The average Bonchev–Trinajstić information content (AvgIpc) is 3.11. The molecule has 2 saturated heterocycles. The number of hydrogen-bond acceptors (Lipinski definition) is 4. The lowest BCUT2D eigenvalue weighted by Crippen LogP contribution is -2.52. The summed E-state index contributed by atoms with van der Waals surface area (Å²) in [5.74, 6) is 0.123. The number of nitrogens with one attached hydrogen (secondary N) is 2. The van der Waals surface area contributed by atoms with E-state index in [0.29, 0.717) is 12.6 Å². The van der Waals surface area contributed by atoms with Crippen molar-refractivity contribution in [3.05, 3.63) is 35.9 Å². The summed E-state index contributed by atoms with van der Waals surface area (Å²) < 4.78 is 0. The van der Waals surface area contributed by atoms with Gasteiger partial charge in [-0.1, -0.05) is 30.3 Å². The molecule has 2 unspecified atom stereocenters. The third kappa shape index (κ3) is 5.18. The Labute approximate surface area is 151 Å². The second-order valence-electron chi connectivity index (χ2n) is 6.66. The van der Waals surface area contributed by atoms with Gasteiger partial charge in [0.1, 0.15) is 0 Å². The van der Waals surface area contributed by atoms with Crippen molar-refractivity contribution in [2.75, 3.05) is 45.8 Å². The maximum atomic E-state index is 12.3. The Bertz CT molecular complexity index is 499. The summed E-state index contributed by atoms with van der Waals surface area (Å²) in [5, 5.41) is 6.54. The highest BCUT2D eigenvalue weighted by Gasteiger charge is 2.26. The largest absolute Gasteiger partial charge is 0.348 e. The van der Waals surface area contributed by atoms with Gasteiger partial charge in [-0.3, -0.25) is 14.6 Å². The molecule has 2 heterocycles. The first-order valence-electron chi connectivity index (χ1n) is 8.74. The molecule has 2 fully saturated rings. The minimum atomic E-state index is 0. The van der Waals surface area contributed by atoms with Gasteiger partial charge in [-0.15, -0.1) is 12.4 Å². The Morgan fingerprint density at radius 2 is 1.96 bits per heavy atom. The molecule has 2 atom stereocenters. The molecular formula is C18H29ClN4O. The first-order valence-corrected chi connectivity index (χ1v) is 8.74. The molecule has 0 saturated carbocycles. The Morgan fingerprint density at radius 3 is 2.58 bits per heavy atom. The molecule has 134 valence electrons.